The van der Waals surface area contributed by atoms with Crippen LogP contribution in [0.3, 0.4) is 0 Å². The summed E-state index contributed by atoms with van der Waals surface area (Å²) >= 11 is 0. The lowest BCUT2D eigenvalue weighted by atomic mass is 10.1. The zero-order chi connectivity index (χ0) is 27.3. The number of rotatable bonds is 17. The minimum Gasteiger partial charge on any atom is -0.493 e. The molecule has 0 saturated heterocycles. The summed E-state index contributed by atoms with van der Waals surface area (Å²) < 4.78 is 36.1. The quantitative estimate of drug-likeness (QED) is 0.268. The molecule has 0 radical (unpaired) electrons. The first-order chi connectivity index (χ1) is 17.8. The largest absolute Gasteiger partial charge is 0.493 e. The van der Waals surface area contributed by atoms with E-state index in [1.54, 1.807) is 28.1 Å². The molecule has 2 aromatic carbocycles. The van der Waals surface area contributed by atoms with E-state index in [-0.39, 0.29) is 31.6 Å². The number of benzene rings is 2. The van der Waals surface area contributed by atoms with Gasteiger partial charge in [-0.05, 0) is 55.9 Å². The van der Waals surface area contributed by atoms with Gasteiger partial charge in [0.15, 0.2) is 11.5 Å². The number of carbonyl (C=O) groups excluding carboxylic acids is 1. The van der Waals surface area contributed by atoms with Crippen LogP contribution in [0.25, 0.3) is 0 Å². The zero-order valence-electron chi connectivity index (χ0n) is 23.1. The van der Waals surface area contributed by atoms with Crippen molar-refractivity contribution in [2.45, 2.75) is 52.9 Å². The molecule has 2 rings (SSSR count). The lowest BCUT2D eigenvalue weighted by Gasteiger charge is -2.36. The number of hydrogen-bond acceptors (Lipinski definition) is 7. The van der Waals surface area contributed by atoms with Gasteiger partial charge in [0.25, 0.3) is 0 Å². The Morgan fingerprint density at radius 3 is 2.16 bits per heavy atom. The van der Waals surface area contributed by atoms with Gasteiger partial charge in [-0.2, -0.15) is 0 Å². The summed E-state index contributed by atoms with van der Waals surface area (Å²) in [5.74, 6) is 0.843. The van der Waals surface area contributed by atoms with E-state index in [9.17, 15) is 9.36 Å². The number of amides is 1. The van der Waals surface area contributed by atoms with Gasteiger partial charge in [0.05, 0.1) is 34.0 Å². The number of methoxy groups -OCH3 is 2. The SMILES string of the molecule is CCOP(=O)(OCC)C(CC(C)C)N(CC(=O)NCCc1ccc(OC)c(OC)c1)Cc1ccccc1. The van der Waals surface area contributed by atoms with Crippen molar-refractivity contribution >= 4 is 13.5 Å². The van der Waals surface area contributed by atoms with E-state index in [2.05, 4.69) is 19.2 Å². The fourth-order valence-electron chi connectivity index (χ4n) is 4.18. The minimum atomic E-state index is -3.50. The van der Waals surface area contributed by atoms with Gasteiger partial charge in [-0.3, -0.25) is 14.3 Å². The fraction of sp³-hybridized carbons (Fsp3) is 0.536. The fourth-order valence-corrected chi connectivity index (χ4v) is 6.56. The zero-order valence-corrected chi connectivity index (χ0v) is 24.0. The first kappa shape index (κ1) is 30.8. The molecule has 37 heavy (non-hydrogen) atoms. The summed E-state index contributed by atoms with van der Waals surface area (Å²) in [7, 11) is -0.306. The highest BCUT2D eigenvalue weighted by Gasteiger charge is 2.40. The van der Waals surface area contributed by atoms with Crippen molar-refractivity contribution < 1.29 is 27.9 Å². The van der Waals surface area contributed by atoms with Crippen LogP contribution in [-0.2, 0) is 31.4 Å². The molecule has 0 aliphatic carbocycles. The third-order valence-electron chi connectivity index (χ3n) is 5.85. The molecule has 2 aromatic rings. The monoisotopic (exact) mass is 534 g/mol. The Morgan fingerprint density at radius 2 is 1.59 bits per heavy atom. The summed E-state index contributed by atoms with van der Waals surface area (Å²) in [5, 5.41) is 3.01. The van der Waals surface area contributed by atoms with Crippen LogP contribution in [0.15, 0.2) is 48.5 Å². The van der Waals surface area contributed by atoms with E-state index < -0.39 is 13.4 Å². The van der Waals surface area contributed by atoms with Crippen molar-refractivity contribution in [3.8, 4) is 11.5 Å². The number of ether oxygens (including phenoxy) is 2. The van der Waals surface area contributed by atoms with Crippen LogP contribution in [0.5, 0.6) is 11.5 Å². The van der Waals surface area contributed by atoms with Crippen molar-refractivity contribution in [1.82, 2.24) is 10.2 Å². The Balaban J connectivity index is 2.20. The highest BCUT2D eigenvalue weighted by Crippen LogP contribution is 2.56. The standard InChI is InChI=1S/C28H43N2O6P/c1-7-35-37(32,36-8-2)28(18-22(3)4)30(20-24-12-10-9-11-13-24)21-27(31)29-17-16-23-14-15-25(33-5)26(19-23)34-6/h9-15,19,22,28H,7-8,16-18,20-21H2,1-6H3,(H,29,31). The molecule has 0 saturated carbocycles. The molecule has 1 amide bonds. The maximum Gasteiger partial charge on any atom is 0.347 e. The lowest BCUT2D eigenvalue weighted by molar-refractivity contribution is -0.122. The van der Waals surface area contributed by atoms with Crippen LogP contribution in [0.4, 0.5) is 0 Å². The summed E-state index contributed by atoms with van der Waals surface area (Å²) in [5.41, 5.74) is 2.04. The Morgan fingerprint density at radius 1 is 0.946 bits per heavy atom. The van der Waals surface area contributed by atoms with Crippen LogP contribution in [0.2, 0.25) is 0 Å². The van der Waals surface area contributed by atoms with Crippen molar-refractivity contribution in [2.75, 3.05) is 40.5 Å². The normalized spacial score (nSPS) is 12.5. The Hall–Kier alpha value is -2.38. The topological polar surface area (TPSA) is 86.3 Å². The van der Waals surface area contributed by atoms with Crippen LogP contribution in [0.1, 0.15) is 45.2 Å². The van der Waals surface area contributed by atoms with E-state index in [0.29, 0.717) is 37.4 Å². The molecule has 0 aliphatic rings. The van der Waals surface area contributed by atoms with E-state index in [1.807, 2.05) is 53.4 Å². The van der Waals surface area contributed by atoms with Crippen molar-refractivity contribution in [3.63, 3.8) is 0 Å². The second-order valence-electron chi connectivity index (χ2n) is 9.17. The van der Waals surface area contributed by atoms with Crippen LogP contribution in [-0.4, -0.2) is 57.1 Å². The molecule has 1 N–H and O–H groups in total. The summed E-state index contributed by atoms with van der Waals surface area (Å²) in [6, 6.07) is 15.6. The van der Waals surface area contributed by atoms with E-state index in [1.165, 1.54) is 0 Å². The predicted octanol–water partition coefficient (Wildman–Crippen LogP) is 5.50. The van der Waals surface area contributed by atoms with Crippen LogP contribution < -0.4 is 14.8 Å². The molecule has 9 heteroatoms. The Labute approximate surface area is 222 Å². The molecule has 0 fully saturated rings. The summed E-state index contributed by atoms with van der Waals surface area (Å²) in [4.78, 5) is 15.1. The van der Waals surface area contributed by atoms with Crippen molar-refractivity contribution in [1.29, 1.82) is 0 Å². The van der Waals surface area contributed by atoms with Crippen LogP contribution in [0, 0.1) is 5.92 Å². The molecule has 8 nitrogen and oxygen atoms in total. The van der Waals surface area contributed by atoms with Crippen molar-refractivity contribution in [3.05, 3.63) is 59.7 Å². The Kier molecular flexibility index (Phi) is 13.1. The first-order valence-corrected chi connectivity index (χ1v) is 14.5. The maximum absolute atomic E-state index is 13.9. The van der Waals surface area contributed by atoms with E-state index in [0.717, 1.165) is 11.1 Å². The number of carbonyl (C=O) groups is 1. The van der Waals surface area contributed by atoms with E-state index in [4.69, 9.17) is 18.5 Å². The maximum atomic E-state index is 13.9. The molecule has 206 valence electrons. The second kappa shape index (κ2) is 15.8. The summed E-state index contributed by atoms with van der Waals surface area (Å²) in [6.45, 7) is 9.26. The van der Waals surface area contributed by atoms with Crippen molar-refractivity contribution in [2.24, 2.45) is 5.92 Å². The molecule has 0 spiro atoms. The molecule has 0 aromatic heterocycles. The number of nitrogens with zero attached hydrogens (tertiary/aromatic N) is 1. The Bertz CT molecular complexity index is 991. The van der Waals surface area contributed by atoms with Gasteiger partial charge in [-0.25, -0.2) is 0 Å². The predicted molar refractivity (Wildman–Crippen MR) is 147 cm³/mol. The van der Waals surface area contributed by atoms with Gasteiger partial charge < -0.3 is 23.8 Å². The third kappa shape index (κ3) is 9.78. The van der Waals surface area contributed by atoms with Gasteiger partial charge in [0.2, 0.25) is 5.91 Å². The average molecular weight is 535 g/mol. The number of nitrogens with one attached hydrogen (secondary N) is 1. The molecule has 0 aliphatic heterocycles. The first-order valence-electron chi connectivity index (χ1n) is 12.9. The molecular weight excluding hydrogens is 491 g/mol. The highest BCUT2D eigenvalue weighted by molar-refractivity contribution is 7.54. The van der Waals surface area contributed by atoms with Gasteiger partial charge in [-0.15, -0.1) is 0 Å². The number of hydrogen-bond donors (Lipinski definition) is 1. The molecule has 1 atom stereocenters. The molecular formula is C28H43N2O6P. The molecule has 1 unspecified atom stereocenters. The molecule has 0 bridgehead atoms. The molecule has 0 heterocycles. The van der Waals surface area contributed by atoms with Gasteiger partial charge in [0, 0.05) is 13.1 Å². The smallest absolute Gasteiger partial charge is 0.347 e. The lowest BCUT2D eigenvalue weighted by Crippen LogP contribution is -2.44. The van der Waals surface area contributed by atoms with Gasteiger partial charge >= 0.3 is 7.60 Å². The second-order valence-corrected chi connectivity index (χ2v) is 11.4. The van der Waals surface area contributed by atoms with Gasteiger partial charge in [-0.1, -0.05) is 50.2 Å². The minimum absolute atomic E-state index is 0.0718. The van der Waals surface area contributed by atoms with Gasteiger partial charge in [0.1, 0.15) is 5.78 Å². The third-order valence-corrected chi connectivity index (χ3v) is 8.35. The van der Waals surface area contributed by atoms with E-state index >= 15 is 0 Å². The highest BCUT2D eigenvalue weighted by atomic mass is 31.2. The average Bonchev–Trinajstić information content (AvgIpc) is 2.87. The summed E-state index contributed by atoms with van der Waals surface area (Å²) in [6.07, 6.45) is 1.21. The van der Waals surface area contributed by atoms with Crippen LogP contribution >= 0.6 is 7.60 Å².